The summed E-state index contributed by atoms with van der Waals surface area (Å²) in [6.07, 6.45) is 2.94. The van der Waals surface area contributed by atoms with Crippen LogP contribution in [0.5, 0.6) is 11.5 Å². The number of hydrogen-bond donors (Lipinski definition) is 1. The van der Waals surface area contributed by atoms with E-state index in [1.165, 1.54) is 19.6 Å². The predicted octanol–water partition coefficient (Wildman–Crippen LogP) is 4.06. The van der Waals surface area contributed by atoms with Gasteiger partial charge in [-0.3, -0.25) is 4.98 Å². The van der Waals surface area contributed by atoms with Crippen LogP contribution in [0.3, 0.4) is 0 Å². The van der Waals surface area contributed by atoms with Gasteiger partial charge in [0, 0.05) is 5.56 Å². The summed E-state index contributed by atoms with van der Waals surface area (Å²) in [4.78, 5) is 16.7. The predicted molar refractivity (Wildman–Crippen MR) is 109 cm³/mol. The molecule has 4 aromatic rings. The number of fused-ring (bicyclic) bond motifs is 1. The summed E-state index contributed by atoms with van der Waals surface area (Å²) in [7, 11) is 1.52. The third-order valence-corrected chi connectivity index (χ3v) is 4.77. The van der Waals surface area contributed by atoms with Gasteiger partial charge in [0.15, 0.2) is 17.7 Å². The molecule has 1 aromatic carbocycles. The molecule has 31 heavy (non-hydrogen) atoms. The fourth-order valence-corrected chi connectivity index (χ4v) is 3.25. The van der Waals surface area contributed by atoms with Gasteiger partial charge in [-0.2, -0.15) is 13.5 Å². The Kier molecular flexibility index (Phi) is 5.51. The molecule has 0 aliphatic carbocycles. The maximum atomic E-state index is 12.8. The molecule has 160 valence electrons. The van der Waals surface area contributed by atoms with Gasteiger partial charge in [0.2, 0.25) is 0 Å². The van der Waals surface area contributed by atoms with E-state index in [-0.39, 0.29) is 17.4 Å². The van der Waals surface area contributed by atoms with E-state index in [9.17, 15) is 8.78 Å². The van der Waals surface area contributed by atoms with Gasteiger partial charge in [-0.15, -0.1) is 5.10 Å². The molecule has 1 atom stereocenters. The maximum Gasteiger partial charge on any atom is 0.334 e. The average molecular weight is 448 g/mol. The third kappa shape index (κ3) is 3.91. The third-order valence-electron chi connectivity index (χ3n) is 4.48. The average Bonchev–Trinajstić information content (AvgIpc) is 3.25. The van der Waals surface area contributed by atoms with Crippen molar-refractivity contribution in [3.05, 3.63) is 47.9 Å². The molecular formula is C19H16ClF2N7O2. The van der Waals surface area contributed by atoms with E-state index in [1.807, 2.05) is 0 Å². The number of aromatic nitrogens is 6. The number of alkyl halides is 2. The van der Waals surface area contributed by atoms with Crippen molar-refractivity contribution < 1.29 is 18.3 Å². The molecule has 0 bridgehead atoms. The van der Waals surface area contributed by atoms with Crippen LogP contribution < -0.4 is 15.2 Å². The van der Waals surface area contributed by atoms with E-state index in [4.69, 9.17) is 26.8 Å². The molecule has 2 N–H and O–H groups in total. The van der Waals surface area contributed by atoms with Crippen molar-refractivity contribution >= 4 is 28.3 Å². The van der Waals surface area contributed by atoms with E-state index < -0.39 is 12.7 Å². The van der Waals surface area contributed by atoms with Crippen LogP contribution in [-0.4, -0.2) is 36.8 Å². The van der Waals surface area contributed by atoms with E-state index in [0.717, 1.165) is 6.33 Å². The second-order valence-electron chi connectivity index (χ2n) is 6.42. The Balaban J connectivity index is 1.76. The van der Waals surface area contributed by atoms with Crippen molar-refractivity contribution in [1.82, 2.24) is 29.7 Å². The van der Waals surface area contributed by atoms with Crippen molar-refractivity contribution in [2.45, 2.75) is 19.6 Å². The van der Waals surface area contributed by atoms with Crippen LogP contribution >= 0.6 is 11.6 Å². The number of nitrogen functional groups attached to an aromatic ring is 1. The lowest BCUT2D eigenvalue weighted by Crippen LogP contribution is -2.09. The van der Waals surface area contributed by atoms with E-state index >= 15 is 0 Å². The molecule has 9 nitrogen and oxygen atoms in total. The standard InChI is InChI=1S/C19H16ClF2N7O2/c1-9(18-27-8-29(28-18)19(21)22)31-13-6-24-15(16-14(13)17(23)26-7-25-16)10-3-4-12(30-2)11(20)5-10/h3-9,19H,1-2H3,(H2,23,25,26)/t9-/m1/s1. The van der Waals surface area contributed by atoms with Gasteiger partial charge in [-0.25, -0.2) is 15.0 Å². The van der Waals surface area contributed by atoms with Gasteiger partial charge in [0.25, 0.3) is 0 Å². The molecule has 0 amide bonds. The molecule has 0 saturated heterocycles. The number of hydrogen-bond acceptors (Lipinski definition) is 8. The van der Waals surface area contributed by atoms with Gasteiger partial charge in [-0.1, -0.05) is 11.6 Å². The molecule has 0 radical (unpaired) electrons. The molecule has 0 saturated carbocycles. The Morgan fingerprint density at radius 2 is 1.94 bits per heavy atom. The maximum absolute atomic E-state index is 12.8. The summed E-state index contributed by atoms with van der Waals surface area (Å²) in [5.41, 5.74) is 7.73. The number of halogens is 3. The van der Waals surface area contributed by atoms with Gasteiger partial charge in [0.05, 0.1) is 29.4 Å². The normalized spacial score (nSPS) is 12.3. The van der Waals surface area contributed by atoms with Crippen molar-refractivity contribution in [2.24, 2.45) is 0 Å². The number of methoxy groups -OCH3 is 1. The summed E-state index contributed by atoms with van der Waals surface area (Å²) in [6.45, 7) is -1.18. The van der Waals surface area contributed by atoms with Crippen LogP contribution in [0.2, 0.25) is 5.02 Å². The second kappa shape index (κ2) is 8.26. The number of ether oxygens (including phenoxy) is 2. The first-order valence-electron chi connectivity index (χ1n) is 8.98. The van der Waals surface area contributed by atoms with Crippen molar-refractivity contribution in [2.75, 3.05) is 12.8 Å². The minimum atomic E-state index is -2.80. The summed E-state index contributed by atoms with van der Waals surface area (Å²) < 4.78 is 37.1. The zero-order chi connectivity index (χ0) is 22.1. The molecule has 4 rings (SSSR count). The minimum absolute atomic E-state index is 0.0786. The lowest BCUT2D eigenvalue weighted by atomic mass is 10.1. The summed E-state index contributed by atoms with van der Waals surface area (Å²) in [5, 5.41) is 4.55. The number of rotatable bonds is 6. The van der Waals surface area contributed by atoms with Crippen molar-refractivity contribution in [1.29, 1.82) is 0 Å². The van der Waals surface area contributed by atoms with E-state index in [2.05, 4.69) is 25.0 Å². The van der Waals surface area contributed by atoms with E-state index in [0.29, 0.717) is 37.6 Å². The first-order valence-corrected chi connectivity index (χ1v) is 9.35. The second-order valence-corrected chi connectivity index (χ2v) is 6.83. The summed E-state index contributed by atoms with van der Waals surface area (Å²) >= 11 is 6.25. The summed E-state index contributed by atoms with van der Waals surface area (Å²) in [6, 6.07) is 5.20. The van der Waals surface area contributed by atoms with Crippen LogP contribution in [-0.2, 0) is 0 Å². The quantitative estimate of drug-likeness (QED) is 0.470. The van der Waals surface area contributed by atoms with Gasteiger partial charge in [-0.05, 0) is 25.1 Å². The van der Waals surface area contributed by atoms with Crippen LogP contribution in [0.15, 0.2) is 37.1 Å². The van der Waals surface area contributed by atoms with Crippen molar-refractivity contribution in [3.8, 4) is 22.8 Å². The van der Waals surface area contributed by atoms with Gasteiger partial charge in [0.1, 0.15) is 29.7 Å². The molecule has 0 unspecified atom stereocenters. The Morgan fingerprint density at radius 3 is 2.61 bits per heavy atom. The Labute approximate surface area is 179 Å². The smallest absolute Gasteiger partial charge is 0.334 e. The van der Waals surface area contributed by atoms with Crippen LogP contribution in [0.4, 0.5) is 14.6 Å². The number of nitrogens with zero attached hydrogens (tertiary/aromatic N) is 6. The van der Waals surface area contributed by atoms with Gasteiger partial charge < -0.3 is 15.2 Å². The van der Waals surface area contributed by atoms with E-state index in [1.54, 1.807) is 25.1 Å². The Morgan fingerprint density at radius 1 is 1.13 bits per heavy atom. The lowest BCUT2D eigenvalue weighted by Gasteiger charge is -2.15. The van der Waals surface area contributed by atoms with Gasteiger partial charge >= 0.3 is 6.55 Å². The lowest BCUT2D eigenvalue weighted by molar-refractivity contribution is 0.0550. The first kappa shape index (κ1) is 20.7. The molecule has 0 fully saturated rings. The molecule has 0 spiro atoms. The molecule has 3 heterocycles. The Bertz CT molecular complexity index is 1250. The SMILES string of the molecule is COc1ccc(-c2ncc(O[C@H](C)c3ncn(C(F)F)n3)c3c(N)ncnc23)cc1Cl. The van der Waals surface area contributed by atoms with Crippen molar-refractivity contribution in [3.63, 3.8) is 0 Å². The molecule has 12 heteroatoms. The number of anilines is 1. The fourth-order valence-electron chi connectivity index (χ4n) is 3.00. The highest BCUT2D eigenvalue weighted by Crippen LogP contribution is 2.37. The molecular weight excluding hydrogens is 432 g/mol. The number of nitrogens with two attached hydrogens (primary N) is 1. The molecule has 3 aromatic heterocycles. The zero-order valence-electron chi connectivity index (χ0n) is 16.3. The monoisotopic (exact) mass is 447 g/mol. The zero-order valence-corrected chi connectivity index (χ0v) is 17.1. The largest absolute Gasteiger partial charge is 0.495 e. The van der Waals surface area contributed by atoms with Crippen LogP contribution in [0, 0.1) is 0 Å². The topological polar surface area (TPSA) is 114 Å². The highest BCUT2D eigenvalue weighted by molar-refractivity contribution is 6.32. The molecule has 0 aliphatic rings. The fraction of sp³-hybridized carbons (Fsp3) is 0.211. The first-order chi connectivity index (χ1) is 14.9. The number of pyridine rings is 1. The summed E-state index contributed by atoms with van der Waals surface area (Å²) in [5.74, 6) is 1.03. The Hall–Kier alpha value is -3.60. The highest BCUT2D eigenvalue weighted by Gasteiger charge is 2.20. The molecule has 0 aliphatic heterocycles. The minimum Gasteiger partial charge on any atom is -0.495 e. The van der Waals surface area contributed by atoms with Crippen LogP contribution in [0.25, 0.3) is 22.2 Å². The van der Waals surface area contributed by atoms with Crippen LogP contribution in [0.1, 0.15) is 25.4 Å². The highest BCUT2D eigenvalue weighted by atomic mass is 35.5. The number of benzene rings is 1.